The summed E-state index contributed by atoms with van der Waals surface area (Å²) < 4.78 is 24.1. The van der Waals surface area contributed by atoms with Crippen molar-refractivity contribution in [3.63, 3.8) is 0 Å². The molecule has 3 aromatic rings. The van der Waals surface area contributed by atoms with Crippen LogP contribution in [0.1, 0.15) is 34.6 Å². The molecule has 1 atom stereocenters. The molecule has 4 heterocycles. The minimum absolute atomic E-state index is 0.118. The molecule has 1 saturated heterocycles. The molecule has 2 aliphatic rings. The standard InChI is InChI=1S/C16H21N5O3.C10H10FNO2/c1-4-21(8-7-20(2)3)13-6-5-11-10(17-13)9-12(24-11)14-15(22)19-16(23)18-14;1-12-5-6-3-4-7(14-2)9(11)8(6)10(12)13/h5-6,9,14H,4,7-8H2,1-3H3,(H2,18,19,22,23);3-4H,5H2,1-2H3. The van der Waals surface area contributed by atoms with Crippen molar-refractivity contribution in [2.24, 2.45) is 0 Å². The van der Waals surface area contributed by atoms with Crippen LogP contribution in [0, 0.1) is 5.82 Å². The first-order valence-electron chi connectivity index (χ1n) is 12.1. The van der Waals surface area contributed by atoms with E-state index in [9.17, 15) is 18.8 Å². The summed E-state index contributed by atoms with van der Waals surface area (Å²) in [5.74, 6) is 0.108. The summed E-state index contributed by atoms with van der Waals surface area (Å²) in [4.78, 5) is 44.9. The predicted octanol–water partition coefficient (Wildman–Crippen LogP) is 2.52. The van der Waals surface area contributed by atoms with Crippen LogP contribution in [-0.4, -0.2) is 80.5 Å². The van der Waals surface area contributed by atoms with Crippen molar-refractivity contribution in [3.05, 3.63) is 53.0 Å². The van der Waals surface area contributed by atoms with Gasteiger partial charge >= 0.3 is 6.03 Å². The van der Waals surface area contributed by atoms with Crippen molar-refractivity contribution in [2.45, 2.75) is 19.5 Å². The van der Waals surface area contributed by atoms with Crippen LogP contribution in [0.2, 0.25) is 0 Å². The Balaban J connectivity index is 0.000000204. The zero-order chi connectivity index (χ0) is 27.6. The number of hydrogen-bond donors (Lipinski definition) is 2. The van der Waals surface area contributed by atoms with Crippen LogP contribution in [0.25, 0.3) is 11.1 Å². The number of pyridine rings is 1. The third kappa shape index (κ3) is 5.40. The molecule has 38 heavy (non-hydrogen) atoms. The van der Waals surface area contributed by atoms with Crippen molar-refractivity contribution >= 4 is 34.8 Å². The number of ether oxygens (including phenoxy) is 1. The highest BCUT2D eigenvalue weighted by Gasteiger charge is 2.34. The predicted molar refractivity (Wildman–Crippen MR) is 139 cm³/mol. The summed E-state index contributed by atoms with van der Waals surface area (Å²) in [5.41, 5.74) is 2.12. The number of aromatic nitrogens is 1. The average molecular weight is 527 g/mol. The number of methoxy groups -OCH3 is 1. The van der Waals surface area contributed by atoms with E-state index in [1.54, 1.807) is 25.2 Å². The second-order valence-corrected chi connectivity index (χ2v) is 9.26. The third-order valence-corrected chi connectivity index (χ3v) is 6.34. The monoisotopic (exact) mass is 526 g/mol. The summed E-state index contributed by atoms with van der Waals surface area (Å²) >= 11 is 0. The number of halogens is 1. The largest absolute Gasteiger partial charge is 0.494 e. The summed E-state index contributed by atoms with van der Waals surface area (Å²) in [7, 11) is 7.10. The van der Waals surface area contributed by atoms with Gasteiger partial charge < -0.3 is 29.2 Å². The van der Waals surface area contributed by atoms with Gasteiger partial charge in [0.2, 0.25) is 0 Å². The van der Waals surface area contributed by atoms with Crippen LogP contribution in [0.3, 0.4) is 0 Å². The molecule has 11 nitrogen and oxygen atoms in total. The Morgan fingerprint density at radius 2 is 1.95 bits per heavy atom. The number of imide groups is 1. The average Bonchev–Trinajstić information content (AvgIpc) is 3.54. The smallest absolute Gasteiger partial charge is 0.322 e. The first-order chi connectivity index (χ1) is 18.1. The van der Waals surface area contributed by atoms with Gasteiger partial charge in [0, 0.05) is 39.3 Å². The molecule has 5 rings (SSSR count). The molecular weight excluding hydrogens is 495 g/mol. The fraction of sp³-hybridized carbons (Fsp3) is 0.385. The maximum absolute atomic E-state index is 13.6. The zero-order valence-electron chi connectivity index (χ0n) is 22.0. The highest BCUT2D eigenvalue weighted by atomic mass is 19.1. The van der Waals surface area contributed by atoms with Crippen LogP contribution in [0.15, 0.2) is 34.7 Å². The number of anilines is 1. The first-order valence-corrected chi connectivity index (χ1v) is 12.1. The maximum atomic E-state index is 13.6. The lowest BCUT2D eigenvalue weighted by molar-refractivity contribution is -0.120. The van der Waals surface area contributed by atoms with Gasteiger partial charge in [0.1, 0.15) is 17.1 Å². The molecule has 0 saturated carbocycles. The molecule has 1 aromatic carbocycles. The van der Waals surface area contributed by atoms with Crippen molar-refractivity contribution in [2.75, 3.05) is 52.8 Å². The second-order valence-electron chi connectivity index (χ2n) is 9.26. The fourth-order valence-electron chi connectivity index (χ4n) is 4.26. The zero-order valence-corrected chi connectivity index (χ0v) is 22.0. The first kappa shape index (κ1) is 26.9. The quantitative estimate of drug-likeness (QED) is 0.451. The minimum Gasteiger partial charge on any atom is -0.494 e. The SMILES string of the molecule is CCN(CCN(C)C)c1ccc2oc(C3NC(=O)NC3=O)cc2n1.COc1ccc2c(c1F)C(=O)N(C)C2. The van der Waals surface area contributed by atoms with E-state index in [4.69, 9.17) is 9.15 Å². The molecule has 1 unspecified atom stereocenters. The number of likely N-dealkylation sites (N-methyl/N-ethyl adjacent to an activating group) is 2. The number of amides is 4. The highest BCUT2D eigenvalue weighted by molar-refractivity contribution is 6.04. The van der Waals surface area contributed by atoms with E-state index in [1.165, 1.54) is 12.0 Å². The fourth-order valence-corrected chi connectivity index (χ4v) is 4.26. The summed E-state index contributed by atoms with van der Waals surface area (Å²) in [6.45, 7) is 5.19. The number of rotatable bonds is 7. The number of furan rings is 1. The van der Waals surface area contributed by atoms with E-state index >= 15 is 0 Å². The van der Waals surface area contributed by atoms with Gasteiger partial charge in [-0.25, -0.2) is 14.2 Å². The van der Waals surface area contributed by atoms with Gasteiger partial charge in [-0.1, -0.05) is 6.07 Å². The van der Waals surface area contributed by atoms with Gasteiger partial charge in [-0.15, -0.1) is 0 Å². The number of carbonyl (C=O) groups is 3. The van der Waals surface area contributed by atoms with E-state index < -0.39 is 23.8 Å². The topological polar surface area (TPSA) is 120 Å². The van der Waals surface area contributed by atoms with Gasteiger partial charge in [0.25, 0.3) is 11.8 Å². The van der Waals surface area contributed by atoms with Crippen LogP contribution in [0.4, 0.5) is 15.0 Å². The van der Waals surface area contributed by atoms with Crippen molar-refractivity contribution in [1.29, 1.82) is 0 Å². The molecule has 0 aliphatic carbocycles. The molecule has 2 N–H and O–H groups in total. The Morgan fingerprint density at radius 3 is 2.58 bits per heavy atom. The molecule has 0 radical (unpaired) electrons. The lowest BCUT2D eigenvalue weighted by atomic mass is 10.1. The molecule has 2 aliphatic heterocycles. The number of nitrogens with one attached hydrogen (secondary N) is 2. The molecule has 4 amide bonds. The Labute approximate surface area is 219 Å². The van der Waals surface area contributed by atoms with Gasteiger partial charge in [0.15, 0.2) is 23.2 Å². The van der Waals surface area contributed by atoms with Crippen molar-refractivity contribution in [3.8, 4) is 5.75 Å². The molecule has 1 fully saturated rings. The minimum atomic E-state index is -0.800. The van der Waals surface area contributed by atoms with Crippen LogP contribution in [-0.2, 0) is 11.3 Å². The Morgan fingerprint density at radius 1 is 1.18 bits per heavy atom. The van der Waals surface area contributed by atoms with Gasteiger partial charge in [-0.2, -0.15) is 0 Å². The van der Waals surface area contributed by atoms with Crippen LogP contribution in [0.5, 0.6) is 5.75 Å². The molecule has 0 bridgehead atoms. The summed E-state index contributed by atoms with van der Waals surface area (Å²) in [6, 6.07) is 7.40. The van der Waals surface area contributed by atoms with Crippen LogP contribution < -0.4 is 20.3 Å². The lowest BCUT2D eigenvalue weighted by Gasteiger charge is -2.23. The van der Waals surface area contributed by atoms with E-state index in [2.05, 4.69) is 32.3 Å². The molecule has 12 heteroatoms. The molecule has 0 spiro atoms. The number of benzene rings is 1. The lowest BCUT2D eigenvalue weighted by Crippen LogP contribution is -2.32. The Kier molecular flexibility index (Phi) is 7.81. The summed E-state index contributed by atoms with van der Waals surface area (Å²) in [5, 5.41) is 4.72. The number of carbonyl (C=O) groups excluding carboxylic acids is 3. The van der Waals surface area contributed by atoms with Gasteiger partial charge in [0.05, 0.1) is 12.7 Å². The van der Waals surface area contributed by atoms with E-state index in [-0.39, 0.29) is 17.2 Å². The third-order valence-electron chi connectivity index (χ3n) is 6.34. The van der Waals surface area contributed by atoms with Gasteiger partial charge in [-0.3, -0.25) is 14.9 Å². The van der Waals surface area contributed by atoms with E-state index in [1.807, 2.05) is 26.2 Å². The molecule has 2 aromatic heterocycles. The molecule has 202 valence electrons. The Bertz CT molecular complexity index is 1370. The number of fused-ring (bicyclic) bond motifs is 2. The normalized spacial score (nSPS) is 16.3. The van der Waals surface area contributed by atoms with Gasteiger partial charge in [-0.05, 0) is 44.8 Å². The summed E-state index contributed by atoms with van der Waals surface area (Å²) in [6.07, 6.45) is 0. The number of nitrogens with zero attached hydrogens (tertiary/aromatic N) is 4. The Hall–Kier alpha value is -4.19. The van der Waals surface area contributed by atoms with E-state index in [0.717, 1.165) is 31.0 Å². The highest BCUT2D eigenvalue weighted by Crippen LogP contribution is 2.30. The number of urea groups is 1. The maximum Gasteiger partial charge on any atom is 0.322 e. The van der Waals surface area contributed by atoms with Crippen molar-refractivity contribution in [1.82, 2.24) is 25.4 Å². The van der Waals surface area contributed by atoms with Crippen molar-refractivity contribution < 1.29 is 27.9 Å². The van der Waals surface area contributed by atoms with E-state index in [0.29, 0.717) is 23.4 Å². The molecular formula is C26H31FN6O5. The number of hydrogen-bond acceptors (Lipinski definition) is 8. The van der Waals surface area contributed by atoms with Crippen LogP contribution >= 0.6 is 0 Å². The second kappa shape index (κ2) is 11.1.